The molecule has 1 rings (SSSR count). The average molecular weight is 216 g/mol. The van der Waals surface area contributed by atoms with Crippen LogP contribution in [-0.4, -0.2) is 10.7 Å². The molecule has 0 bridgehead atoms. The van der Waals surface area contributed by atoms with E-state index in [1.165, 1.54) is 25.1 Å². The number of hydrogen-bond acceptors (Lipinski definition) is 4. The van der Waals surface area contributed by atoms with E-state index in [2.05, 4.69) is 0 Å². The molecule has 0 atom stereocenters. The third-order valence-corrected chi connectivity index (χ3v) is 1.93. The molecule has 0 aliphatic rings. The lowest BCUT2D eigenvalue weighted by atomic mass is 10.0. The van der Waals surface area contributed by atoms with Crippen molar-refractivity contribution < 1.29 is 9.72 Å². The molecule has 0 fully saturated rings. The number of Topliss-reactive ketones (excluding diaryl/α,β-unsaturated/α-hetero) is 1. The van der Waals surface area contributed by atoms with E-state index in [4.69, 9.17) is 5.26 Å². The Hall–Kier alpha value is -2.48. The molecule has 0 N–H and O–H groups in total. The van der Waals surface area contributed by atoms with Crippen LogP contribution in [0, 0.1) is 21.4 Å². The molecular weight excluding hydrogens is 208 g/mol. The fourth-order valence-electron chi connectivity index (χ4n) is 1.20. The van der Waals surface area contributed by atoms with E-state index in [1.54, 1.807) is 6.07 Å². The van der Waals surface area contributed by atoms with Crippen molar-refractivity contribution in [2.24, 2.45) is 0 Å². The minimum absolute atomic E-state index is 0.243. The topological polar surface area (TPSA) is 84.0 Å². The summed E-state index contributed by atoms with van der Waals surface area (Å²) in [5, 5.41) is 18.9. The van der Waals surface area contributed by atoms with Crippen molar-refractivity contribution in [3.8, 4) is 6.07 Å². The highest BCUT2D eigenvalue weighted by Gasteiger charge is 2.07. The number of rotatable bonds is 3. The molecule has 0 saturated carbocycles. The quantitative estimate of drug-likeness (QED) is 0.439. The van der Waals surface area contributed by atoms with E-state index in [0.29, 0.717) is 5.56 Å². The van der Waals surface area contributed by atoms with Crippen LogP contribution in [0.3, 0.4) is 0 Å². The Morgan fingerprint density at radius 3 is 2.75 bits per heavy atom. The summed E-state index contributed by atoms with van der Waals surface area (Å²) >= 11 is 0. The summed E-state index contributed by atoms with van der Waals surface area (Å²) in [6.07, 6.45) is 2.05. The van der Waals surface area contributed by atoms with Gasteiger partial charge in [-0.15, -0.1) is 0 Å². The zero-order valence-electron chi connectivity index (χ0n) is 8.51. The van der Waals surface area contributed by atoms with E-state index in [0.717, 1.165) is 6.20 Å². The predicted octanol–water partition coefficient (Wildman–Crippen LogP) is 2.01. The van der Waals surface area contributed by atoms with Gasteiger partial charge in [0.15, 0.2) is 5.78 Å². The van der Waals surface area contributed by atoms with Crippen molar-refractivity contribution in [2.75, 3.05) is 0 Å². The van der Waals surface area contributed by atoms with Crippen LogP contribution in [-0.2, 0) is 0 Å². The van der Waals surface area contributed by atoms with Crippen LogP contribution in [0.15, 0.2) is 24.4 Å². The van der Waals surface area contributed by atoms with E-state index in [-0.39, 0.29) is 16.9 Å². The van der Waals surface area contributed by atoms with Crippen LogP contribution in [0.2, 0.25) is 0 Å². The lowest BCUT2D eigenvalue weighted by Gasteiger charge is -2.00. The Morgan fingerprint density at radius 1 is 1.56 bits per heavy atom. The van der Waals surface area contributed by atoms with Gasteiger partial charge in [-0.2, -0.15) is 5.26 Å². The number of nitriles is 1. The first-order chi connectivity index (χ1) is 7.54. The molecule has 16 heavy (non-hydrogen) atoms. The second kappa shape index (κ2) is 4.84. The molecule has 80 valence electrons. The monoisotopic (exact) mass is 216 g/mol. The fourth-order valence-corrected chi connectivity index (χ4v) is 1.20. The van der Waals surface area contributed by atoms with Gasteiger partial charge in [-0.05, 0) is 24.6 Å². The highest BCUT2D eigenvalue weighted by Crippen LogP contribution is 2.13. The van der Waals surface area contributed by atoms with Gasteiger partial charge in [0.25, 0.3) is 0 Å². The van der Waals surface area contributed by atoms with E-state index in [1.807, 2.05) is 6.07 Å². The molecule has 0 saturated heterocycles. The van der Waals surface area contributed by atoms with Gasteiger partial charge in [0, 0.05) is 11.6 Å². The van der Waals surface area contributed by atoms with Gasteiger partial charge < -0.3 is 0 Å². The Morgan fingerprint density at radius 2 is 2.25 bits per heavy atom. The molecule has 0 spiro atoms. The minimum atomic E-state index is -0.592. The number of carbonyl (C=O) groups is 1. The largest absolute Gasteiger partial charge is 0.294 e. The summed E-state index contributed by atoms with van der Waals surface area (Å²) in [7, 11) is 0. The second-order valence-electron chi connectivity index (χ2n) is 3.07. The minimum Gasteiger partial charge on any atom is -0.294 e. The Labute approximate surface area is 91.8 Å². The first-order valence-corrected chi connectivity index (χ1v) is 4.41. The molecule has 0 amide bonds. The molecule has 5 heteroatoms. The van der Waals surface area contributed by atoms with Gasteiger partial charge in [0.1, 0.15) is 0 Å². The number of carbonyl (C=O) groups excluding carboxylic acids is 1. The van der Waals surface area contributed by atoms with Crippen molar-refractivity contribution in [3.63, 3.8) is 0 Å². The lowest BCUT2D eigenvalue weighted by molar-refractivity contribution is -0.400. The van der Waals surface area contributed by atoms with Crippen LogP contribution in [0.4, 0.5) is 0 Å². The summed E-state index contributed by atoms with van der Waals surface area (Å²) < 4.78 is 0. The maximum Gasteiger partial charge on any atom is 0.235 e. The Kier molecular flexibility index (Phi) is 3.51. The third-order valence-electron chi connectivity index (χ3n) is 1.93. The molecule has 1 aromatic rings. The first kappa shape index (κ1) is 11.6. The van der Waals surface area contributed by atoms with Gasteiger partial charge in [-0.3, -0.25) is 14.9 Å². The molecule has 0 unspecified atom stereocenters. The first-order valence-electron chi connectivity index (χ1n) is 4.41. The molecule has 0 aliphatic heterocycles. The molecule has 5 nitrogen and oxygen atoms in total. The van der Waals surface area contributed by atoms with Crippen molar-refractivity contribution in [2.45, 2.75) is 6.92 Å². The fraction of sp³-hybridized carbons (Fsp3) is 0.0909. The number of hydrogen-bond donors (Lipinski definition) is 0. The predicted molar refractivity (Wildman–Crippen MR) is 57.2 cm³/mol. The Bertz CT molecular complexity index is 512. The summed E-state index contributed by atoms with van der Waals surface area (Å²) in [4.78, 5) is 20.7. The van der Waals surface area contributed by atoms with Gasteiger partial charge in [-0.25, -0.2) is 0 Å². The van der Waals surface area contributed by atoms with Gasteiger partial charge in [0.2, 0.25) is 6.20 Å². The van der Waals surface area contributed by atoms with Crippen LogP contribution in [0.25, 0.3) is 6.08 Å². The zero-order valence-corrected chi connectivity index (χ0v) is 8.51. The summed E-state index contributed by atoms with van der Waals surface area (Å²) in [5.41, 5.74) is 1.06. The van der Waals surface area contributed by atoms with Crippen LogP contribution >= 0.6 is 0 Å². The molecule has 0 aromatic heterocycles. The number of nitrogens with zero attached hydrogens (tertiary/aromatic N) is 2. The third kappa shape index (κ3) is 2.75. The standard InChI is InChI=1S/C11H8N2O3/c1-8(14)11-6-9(4-5-13(15)16)2-3-10(11)7-12/h2-6H,1H3/b5-4+. The normalized spacial score (nSPS) is 10.0. The van der Waals surface area contributed by atoms with E-state index >= 15 is 0 Å². The number of ketones is 1. The van der Waals surface area contributed by atoms with Gasteiger partial charge in [0.05, 0.1) is 16.6 Å². The number of benzene rings is 1. The summed E-state index contributed by atoms with van der Waals surface area (Å²) in [6, 6.07) is 6.36. The second-order valence-corrected chi connectivity index (χ2v) is 3.07. The molecular formula is C11H8N2O3. The van der Waals surface area contributed by atoms with Crippen molar-refractivity contribution in [1.29, 1.82) is 5.26 Å². The van der Waals surface area contributed by atoms with E-state index in [9.17, 15) is 14.9 Å². The molecule has 1 aromatic carbocycles. The van der Waals surface area contributed by atoms with Crippen molar-refractivity contribution in [3.05, 3.63) is 51.2 Å². The average Bonchev–Trinajstić information content (AvgIpc) is 2.25. The van der Waals surface area contributed by atoms with E-state index < -0.39 is 4.92 Å². The van der Waals surface area contributed by atoms with Crippen LogP contribution in [0.5, 0.6) is 0 Å². The van der Waals surface area contributed by atoms with Crippen LogP contribution in [0.1, 0.15) is 28.4 Å². The molecule has 0 heterocycles. The lowest BCUT2D eigenvalue weighted by Crippen LogP contribution is -1.97. The van der Waals surface area contributed by atoms with Crippen molar-refractivity contribution in [1.82, 2.24) is 0 Å². The SMILES string of the molecule is CC(=O)c1cc(/C=C/[N+](=O)[O-])ccc1C#N. The Balaban J connectivity index is 3.18. The molecule has 0 radical (unpaired) electrons. The zero-order chi connectivity index (χ0) is 12.1. The highest BCUT2D eigenvalue weighted by atomic mass is 16.6. The van der Waals surface area contributed by atoms with Gasteiger partial charge in [-0.1, -0.05) is 6.07 Å². The highest BCUT2D eigenvalue weighted by molar-refractivity contribution is 5.97. The summed E-state index contributed by atoms with van der Waals surface area (Å²) in [5.74, 6) is -0.243. The van der Waals surface area contributed by atoms with Crippen molar-refractivity contribution >= 4 is 11.9 Å². The molecule has 0 aliphatic carbocycles. The van der Waals surface area contributed by atoms with Gasteiger partial charge >= 0.3 is 0 Å². The number of nitro groups is 1. The maximum absolute atomic E-state index is 11.2. The summed E-state index contributed by atoms with van der Waals surface area (Å²) in [6.45, 7) is 1.34. The van der Waals surface area contributed by atoms with Crippen LogP contribution < -0.4 is 0 Å². The smallest absolute Gasteiger partial charge is 0.235 e. The maximum atomic E-state index is 11.2.